The normalized spacial score (nSPS) is 14.3. The number of nitrogens with zero attached hydrogens (tertiary/aromatic N) is 1. The average molecular weight is 272 g/mol. The van der Waals surface area contributed by atoms with Crippen LogP contribution in [0.3, 0.4) is 0 Å². The van der Waals surface area contributed by atoms with E-state index in [1.54, 1.807) is 7.11 Å². The highest BCUT2D eigenvalue weighted by Crippen LogP contribution is 2.26. The molecule has 0 fully saturated rings. The number of fused-ring (bicyclic) bond motifs is 1. The lowest BCUT2D eigenvalue weighted by Crippen LogP contribution is -2.27. The minimum atomic E-state index is 0.361. The van der Waals surface area contributed by atoms with E-state index >= 15 is 0 Å². The molecule has 20 heavy (non-hydrogen) atoms. The summed E-state index contributed by atoms with van der Waals surface area (Å²) in [6.07, 6.45) is 2.89. The first kappa shape index (κ1) is 14.9. The van der Waals surface area contributed by atoms with Gasteiger partial charge in [-0.05, 0) is 42.6 Å². The zero-order valence-corrected chi connectivity index (χ0v) is 12.6. The second-order valence-electron chi connectivity index (χ2n) is 5.25. The summed E-state index contributed by atoms with van der Waals surface area (Å²) < 4.78 is 5.21. The molecule has 3 heteroatoms. The van der Waals surface area contributed by atoms with Crippen LogP contribution in [0.5, 0.6) is 0 Å². The fourth-order valence-electron chi connectivity index (χ4n) is 2.63. The van der Waals surface area contributed by atoms with Gasteiger partial charge in [-0.15, -0.1) is 0 Å². The zero-order chi connectivity index (χ0) is 14.4. The Morgan fingerprint density at radius 3 is 2.90 bits per heavy atom. The zero-order valence-electron chi connectivity index (χ0n) is 12.6. The molecule has 1 aromatic carbocycles. The molecule has 0 spiro atoms. The summed E-state index contributed by atoms with van der Waals surface area (Å²) in [6, 6.07) is 11.0. The average Bonchev–Trinajstić information content (AvgIpc) is 2.49. The largest absolute Gasteiger partial charge is 0.385 e. The predicted octanol–water partition coefficient (Wildman–Crippen LogP) is 3.56. The molecule has 1 aromatic heterocycles. The van der Waals surface area contributed by atoms with Crippen LogP contribution in [0.1, 0.15) is 31.9 Å². The molecule has 2 aromatic rings. The van der Waals surface area contributed by atoms with Crippen LogP contribution in [0.15, 0.2) is 36.5 Å². The molecule has 1 N–H and O–H groups in total. The molecule has 2 rings (SSSR count). The SMILES string of the molecule is CCNC(c1ccc2ncccc2c1)C(C)CCOC. The van der Waals surface area contributed by atoms with Gasteiger partial charge in [-0.1, -0.05) is 26.0 Å². The Bertz CT molecular complexity index is 541. The lowest BCUT2D eigenvalue weighted by molar-refractivity contribution is 0.170. The maximum Gasteiger partial charge on any atom is 0.0702 e. The molecule has 0 aliphatic rings. The molecule has 2 unspecified atom stereocenters. The first-order chi connectivity index (χ1) is 9.76. The molecule has 0 aliphatic heterocycles. The van der Waals surface area contributed by atoms with Crippen molar-refractivity contribution in [2.24, 2.45) is 5.92 Å². The molecule has 0 saturated heterocycles. The molecule has 0 amide bonds. The van der Waals surface area contributed by atoms with Crippen LogP contribution in [0.4, 0.5) is 0 Å². The number of hydrogen-bond acceptors (Lipinski definition) is 3. The van der Waals surface area contributed by atoms with E-state index in [9.17, 15) is 0 Å². The highest BCUT2D eigenvalue weighted by atomic mass is 16.5. The molecule has 0 bridgehead atoms. The van der Waals surface area contributed by atoms with E-state index in [-0.39, 0.29) is 0 Å². The van der Waals surface area contributed by atoms with Gasteiger partial charge >= 0.3 is 0 Å². The maximum atomic E-state index is 5.21. The van der Waals surface area contributed by atoms with Crippen molar-refractivity contribution in [1.29, 1.82) is 0 Å². The third-order valence-electron chi connectivity index (χ3n) is 3.76. The molecule has 2 atom stereocenters. The lowest BCUT2D eigenvalue weighted by atomic mass is 9.91. The van der Waals surface area contributed by atoms with E-state index < -0.39 is 0 Å². The van der Waals surface area contributed by atoms with E-state index in [2.05, 4.69) is 48.4 Å². The molecule has 0 radical (unpaired) electrons. The number of ether oxygens (including phenoxy) is 1. The van der Waals surface area contributed by atoms with Crippen LogP contribution in [0.25, 0.3) is 10.9 Å². The number of rotatable bonds is 7. The minimum absolute atomic E-state index is 0.361. The van der Waals surface area contributed by atoms with E-state index in [0.717, 1.165) is 25.1 Å². The van der Waals surface area contributed by atoms with Crippen LogP contribution in [0.2, 0.25) is 0 Å². The summed E-state index contributed by atoms with van der Waals surface area (Å²) in [4.78, 5) is 4.38. The first-order valence-corrected chi connectivity index (χ1v) is 7.33. The van der Waals surface area contributed by atoms with Gasteiger partial charge in [0.15, 0.2) is 0 Å². The Morgan fingerprint density at radius 2 is 2.15 bits per heavy atom. The van der Waals surface area contributed by atoms with Crippen molar-refractivity contribution < 1.29 is 4.74 Å². The Kier molecular flexibility index (Phi) is 5.50. The summed E-state index contributed by atoms with van der Waals surface area (Å²) in [7, 11) is 1.76. The fraction of sp³-hybridized carbons (Fsp3) is 0.471. The molecule has 3 nitrogen and oxygen atoms in total. The fourth-order valence-corrected chi connectivity index (χ4v) is 2.63. The molecular formula is C17H24N2O. The van der Waals surface area contributed by atoms with Gasteiger partial charge in [-0.3, -0.25) is 4.98 Å². The van der Waals surface area contributed by atoms with Gasteiger partial charge in [0.25, 0.3) is 0 Å². The second kappa shape index (κ2) is 7.36. The van der Waals surface area contributed by atoms with E-state index in [4.69, 9.17) is 4.74 Å². The van der Waals surface area contributed by atoms with Crippen molar-refractivity contribution in [3.8, 4) is 0 Å². The molecule has 1 heterocycles. The van der Waals surface area contributed by atoms with Crippen molar-refractivity contribution in [2.45, 2.75) is 26.3 Å². The summed E-state index contributed by atoms with van der Waals surface area (Å²) in [5.74, 6) is 0.532. The number of pyridine rings is 1. The maximum absolute atomic E-state index is 5.21. The number of benzene rings is 1. The molecule has 108 valence electrons. The minimum Gasteiger partial charge on any atom is -0.385 e. The van der Waals surface area contributed by atoms with E-state index in [0.29, 0.717) is 12.0 Å². The standard InChI is InChI=1S/C17H24N2O/c1-4-18-17(13(2)9-11-20-3)15-7-8-16-14(12-15)6-5-10-19-16/h5-8,10,12-13,17-18H,4,9,11H2,1-3H3. The third-order valence-corrected chi connectivity index (χ3v) is 3.76. The summed E-state index contributed by atoms with van der Waals surface area (Å²) >= 11 is 0. The van der Waals surface area contributed by atoms with Gasteiger partial charge in [0, 0.05) is 31.3 Å². The van der Waals surface area contributed by atoms with Gasteiger partial charge in [0.2, 0.25) is 0 Å². The Labute approximate surface area is 121 Å². The van der Waals surface area contributed by atoms with Crippen molar-refractivity contribution in [1.82, 2.24) is 10.3 Å². The van der Waals surface area contributed by atoms with Crippen molar-refractivity contribution >= 4 is 10.9 Å². The molecule has 0 aliphatic carbocycles. The Balaban J connectivity index is 2.25. The lowest BCUT2D eigenvalue weighted by Gasteiger charge is -2.25. The summed E-state index contributed by atoms with van der Waals surface area (Å²) in [6.45, 7) is 6.20. The van der Waals surface area contributed by atoms with Crippen molar-refractivity contribution in [3.63, 3.8) is 0 Å². The van der Waals surface area contributed by atoms with Gasteiger partial charge < -0.3 is 10.1 Å². The van der Waals surface area contributed by atoms with Gasteiger partial charge in [-0.2, -0.15) is 0 Å². The van der Waals surface area contributed by atoms with Gasteiger partial charge in [0.1, 0.15) is 0 Å². The van der Waals surface area contributed by atoms with Crippen molar-refractivity contribution in [3.05, 3.63) is 42.1 Å². The van der Waals surface area contributed by atoms with Crippen LogP contribution < -0.4 is 5.32 Å². The van der Waals surface area contributed by atoms with Crippen molar-refractivity contribution in [2.75, 3.05) is 20.3 Å². The molecular weight excluding hydrogens is 248 g/mol. The number of methoxy groups -OCH3 is 1. The smallest absolute Gasteiger partial charge is 0.0702 e. The monoisotopic (exact) mass is 272 g/mol. The van der Waals surface area contributed by atoms with Gasteiger partial charge in [-0.25, -0.2) is 0 Å². The van der Waals surface area contributed by atoms with Crippen LogP contribution >= 0.6 is 0 Å². The summed E-state index contributed by atoms with van der Waals surface area (Å²) in [5.41, 5.74) is 2.38. The third kappa shape index (κ3) is 3.56. The number of aromatic nitrogens is 1. The van der Waals surface area contributed by atoms with E-state index in [1.165, 1.54) is 10.9 Å². The first-order valence-electron chi connectivity index (χ1n) is 7.33. The van der Waals surface area contributed by atoms with E-state index in [1.807, 2.05) is 12.3 Å². The molecule has 0 saturated carbocycles. The van der Waals surface area contributed by atoms with Crippen LogP contribution in [-0.4, -0.2) is 25.2 Å². The Morgan fingerprint density at radius 1 is 1.30 bits per heavy atom. The predicted molar refractivity (Wildman–Crippen MR) is 83.8 cm³/mol. The number of hydrogen-bond donors (Lipinski definition) is 1. The van der Waals surface area contributed by atoms with Crippen LogP contribution in [0, 0.1) is 5.92 Å². The van der Waals surface area contributed by atoms with Crippen LogP contribution in [-0.2, 0) is 4.74 Å². The number of nitrogens with one attached hydrogen (secondary N) is 1. The topological polar surface area (TPSA) is 34.2 Å². The second-order valence-corrected chi connectivity index (χ2v) is 5.25. The quantitative estimate of drug-likeness (QED) is 0.837. The summed E-state index contributed by atoms with van der Waals surface area (Å²) in [5, 5.41) is 4.80. The highest BCUT2D eigenvalue weighted by molar-refractivity contribution is 5.79. The van der Waals surface area contributed by atoms with Gasteiger partial charge in [0.05, 0.1) is 5.52 Å². The Hall–Kier alpha value is -1.45. The highest BCUT2D eigenvalue weighted by Gasteiger charge is 2.18.